The van der Waals surface area contributed by atoms with Crippen LogP contribution in [0.1, 0.15) is 22.8 Å². The van der Waals surface area contributed by atoms with Crippen LogP contribution >= 0.6 is 0 Å². The lowest BCUT2D eigenvalue weighted by Gasteiger charge is -2.15. The lowest BCUT2D eigenvalue weighted by molar-refractivity contribution is -0.385. The number of rotatable bonds is 5. The lowest BCUT2D eigenvalue weighted by Crippen LogP contribution is -2.47. The van der Waals surface area contributed by atoms with Crippen LogP contribution in [0.2, 0.25) is 0 Å². The highest BCUT2D eigenvalue weighted by atomic mass is 16.6. The van der Waals surface area contributed by atoms with Crippen molar-refractivity contribution in [3.05, 3.63) is 69.8 Å². The summed E-state index contributed by atoms with van der Waals surface area (Å²) in [5.41, 5.74) is 5.37. The SMILES string of the molecule is Cc1cc(O[C@@H](C)C(=O)NNC(=O)c2ccccc2)ccc1[N+](=O)[O-]. The van der Waals surface area contributed by atoms with Gasteiger partial charge in [-0.25, -0.2) is 0 Å². The minimum absolute atomic E-state index is 0.0282. The van der Waals surface area contributed by atoms with Crippen molar-refractivity contribution in [3.63, 3.8) is 0 Å². The first-order chi connectivity index (χ1) is 11.9. The number of hydrogen-bond acceptors (Lipinski definition) is 5. The number of carbonyl (C=O) groups is 2. The molecule has 2 aromatic rings. The molecule has 0 spiro atoms. The van der Waals surface area contributed by atoms with E-state index >= 15 is 0 Å². The van der Waals surface area contributed by atoms with Crippen LogP contribution in [0.5, 0.6) is 5.75 Å². The summed E-state index contributed by atoms with van der Waals surface area (Å²) in [7, 11) is 0. The number of ether oxygens (including phenoxy) is 1. The highest BCUT2D eigenvalue weighted by Gasteiger charge is 2.17. The molecule has 0 aliphatic carbocycles. The van der Waals surface area contributed by atoms with Gasteiger partial charge in [-0.1, -0.05) is 18.2 Å². The predicted octanol–water partition coefficient (Wildman–Crippen LogP) is 2.13. The van der Waals surface area contributed by atoms with Gasteiger partial charge in [0.1, 0.15) is 5.75 Å². The van der Waals surface area contributed by atoms with Crippen LogP contribution in [-0.2, 0) is 4.79 Å². The third-order valence-corrected chi connectivity index (χ3v) is 3.38. The zero-order valence-corrected chi connectivity index (χ0v) is 13.7. The van der Waals surface area contributed by atoms with E-state index in [4.69, 9.17) is 4.74 Å². The maximum atomic E-state index is 12.0. The number of carbonyl (C=O) groups excluding carboxylic acids is 2. The van der Waals surface area contributed by atoms with Gasteiger partial charge in [0.05, 0.1) is 4.92 Å². The van der Waals surface area contributed by atoms with Crippen molar-refractivity contribution < 1.29 is 19.2 Å². The van der Waals surface area contributed by atoms with E-state index in [1.807, 2.05) is 0 Å². The molecule has 0 bridgehead atoms. The third kappa shape index (κ3) is 4.77. The first-order valence-electron chi connectivity index (χ1n) is 7.45. The molecule has 2 N–H and O–H groups in total. The molecule has 0 saturated carbocycles. The molecule has 0 heterocycles. The monoisotopic (exact) mass is 343 g/mol. The average molecular weight is 343 g/mol. The van der Waals surface area contributed by atoms with Crippen LogP contribution in [0.4, 0.5) is 5.69 Å². The molecule has 0 saturated heterocycles. The Morgan fingerprint density at radius 1 is 1.12 bits per heavy atom. The van der Waals surface area contributed by atoms with Crippen molar-refractivity contribution in [1.29, 1.82) is 0 Å². The second-order valence-corrected chi connectivity index (χ2v) is 5.27. The Kier molecular flexibility index (Phi) is 5.67. The van der Waals surface area contributed by atoms with Gasteiger partial charge in [-0.15, -0.1) is 0 Å². The van der Waals surface area contributed by atoms with Crippen LogP contribution in [0.15, 0.2) is 48.5 Å². The molecule has 0 fully saturated rings. The van der Waals surface area contributed by atoms with Crippen LogP contribution in [0.3, 0.4) is 0 Å². The Balaban J connectivity index is 1.91. The Bertz CT molecular complexity index is 792. The van der Waals surface area contributed by atoms with Gasteiger partial charge in [0.2, 0.25) is 0 Å². The molecule has 2 rings (SSSR count). The van der Waals surface area contributed by atoms with Crippen molar-refractivity contribution in [1.82, 2.24) is 10.9 Å². The Hall–Kier alpha value is -3.42. The van der Waals surface area contributed by atoms with Crippen molar-refractivity contribution in [2.24, 2.45) is 0 Å². The smallest absolute Gasteiger partial charge is 0.279 e. The quantitative estimate of drug-likeness (QED) is 0.638. The molecule has 0 unspecified atom stereocenters. The summed E-state index contributed by atoms with van der Waals surface area (Å²) < 4.78 is 5.44. The number of hydrazine groups is 1. The van der Waals surface area contributed by atoms with E-state index in [1.165, 1.54) is 25.1 Å². The zero-order valence-electron chi connectivity index (χ0n) is 13.7. The summed E-state index contributed by atoms with van der Waals surface area (Å²) in [6.07, 6.45) is -0.906. The number of nitrogens with one attached hydrogen (secondary N) is 2. The van der Waals surface area contributed by atoms with Gasteiger partial charge < -0.3 is 4.74 Å². The van der Waals surface area contributed by atoms with E-state index in [0.717, 1.165) is 0 Å². The number of nitro benzene ring substituents is 1. The normalized spacial score (nSPS) is 11.3. The van der Waals surface area contributed by atoms with E-state index in [0.29, 0.717) is 16.9 Å². The summed E-state index contributed by atoms with van der Waals surface area (Å²) >= 11 is 0. The maximum Gasteiger partial charge on any atom is 0.279 e. The molecular weight excluding hydrogens is 326 g/mol. The van der Waals surface area contributed by atoms with E-state index in [-0.39, 0.29) is 5.69 Å². The van der Waals surface area contributed by atoms with Crippen LogP contribution in [-0.4, -0.2) is 22.8 Å². The molecular formula is C17H17N3O5. The van der Waals surface area contributed by atoms with Gasteiger partial charge in [0.25, 0.3) is 17.5 Å². The maximum absolute atomic E-state index is 12.0. The van der Waals surface area contributed by atoms with Crippen LogP contribution < -0.4 is 15.6 Å². The number of nitro groups is 1. The van der Waals surface area contributed by atoms with Crippen LogP contribution in [0, 0.1) is 17.0 Å². The first kappa shape index (κ1) is 17.9. The zero-order chi connectivity index (χ0) is 18.4. The largest absolute Gasteiger partial charge is 0.481 e. The van der Waals surface area contributed by atoms with Gasteiger partial charge in [-0.2, -0.15) is 0 Å². The minimum atomic E-state index is -0.906. The Morgan fingerprint density at radius 3 is 2.40 bits per heavy atom. The first-order valence-corrected chi connectivity index (χ1v) is 7.45. The number of hydrogen-bond donors (Lipinski definition) is 2. The summed E-state index contributed by atoms with van der Waals surface area (Å²) in [5, 5.41) is 10.8. The van der Waals surface area contributed by atoms with Crippen molar-refractivity contribution >= 4 is 17.5 Å². The third-order valence-electron chi connectivity index (χ3n) is 3.38. The Morgan fingerprint density at radius 2 is 1.80 bits per heavy atom. The fourth-order valence-electron chi connectivity index (χ4n) is 2.05. The van der Waals surface area contributed by atoms with Crippen molar-refractivity contribution in [2.75, 3.05) is 0 Å². The summed E-state index contributed by atoms with van der Waals surface area (Å²) in [6.45, 7) is 3.08. The van der Waals surface area contributed by atoms with Gasteiger partial charge in [0.15, 0.2) is 6.10 Å². The second kappa shape index (κ2) is 7.91. The molecule has 0 aliphatic heterocycles. The van der Waals surface area contributed by atoms with Gasteiger partial charge >= 0.3 is 0 Å². The molecule has 0 radical (unpaired) electrons. The lowest BCUT2D eigenvalue weighted by atomic mass is 10.2. The van der Waals surface area contributed by atoms with E-state index in [2.05, 4.69) is 10.9 Å². The van der Waals surface area contributed by atoms with Crippen LogP contribution in [0.25, 0.3) is 0 Å². The minimum Gasteiger partial charge on any atom is -0.481 e. The standard InChI is InChI=1S/C17H17N3O5/c1-11-10-14(8-9-15(11)20(23)24)25-12(2)16(21)18-19-17(22)13-6-4-3-5-7-13/h3-10,12H,1-2H3,(H,18,21)(H,19,22)/t12-/m0/s1. The fourth-order valence-corrected chi connectivity index (χ4v) is 2.05. The summed E-state index contributed by atoms with van der Waals surface area (Å²) in [4.78, 5) is 34.1. The number of aryl methyl sites for hydroxylation is 1. The van der Waals surface area contributed by atoms with Gasteiger partial charge in [0, 0.05) is 17.2 Å². The molecule has 130 valence electrons. The van der Waals surface area contributed by atoms with Gasteiger partial charge in [-0.05, 0) is 38.1 Å². The summed E-state index contributed by atoms with van der Waals surface area (Å²) in [5.74, 6) is -0.687. The molecule has 0 aromatic heterocycles. The number of benzene rings is 2. The van der Waals surface area contributed by atoms with E-state index in [9.17, 15) is 19.7 Å². The molecule has 25 heavy (non-hydrogen) atoms. The topological polar surface area (TPSA) is 111 Å². The number of amides is 2. The van der Waals surface area contributed by atoms with E-state index < -0.39 is 22.8 Å². The molecule has 8 nitrogen and oxygen atoms in total. The molecule has 0 aliphatic rings. The highest BCUT2D eigenvalue weighted by Crippen LogP contribution is 2.23. The Labute approximate surface area is 143 Å². The molecule has 2 aromatic carbocycles. The molecule has 1 atom stereocenters. The molecule has 2 amide bonds. The average Bonchev–Trinajstić information content (AvgIpc) is 2.59. The van der Waals surface area contributed by atoms with E-state index in [1.54, 1.807) is 37.3 Å². The molecule has 8 heteroatoms. The highest BCUT2D eigenvalue weighted by molar-refractivity contribution is 5.95. The predicted molar refractivity (Wildman–Crippen MR) is 90.0 cm³/mol. The summed E-state index contributed by atoms with van der Waals surface area (Å²) in [6, 6.07) is 12.6. The van der Waals surface area contributed by atoms with Gasteiger partial charge in [-0.3, -0.25) is 30.6 Å². The second-order valence-electron chi connectivity index (χ2n) is 5.27. The fraction of sp³-hybridized carbons (Fsp3) is 0.176. The number of nitrogens with zero attached hydrogens (tertiary/aromatic N) is 1. The van der Waals surface area contributed by atoms with Crippen molar-refractivity contribution in [3.8, 4) is 5.75 Å². The van der Waals surface area contributed by atoms with Crippen molar-refractivity contribution in [2.45, 2.75) is 20.0 Å².